The molecular formula is C10H13NO. The Labute approximate surface area is 72.3 Å². The lowest BCUT2D eigenvalue weighted by molar-refractivity contribution is 0.149. The van der Waals surface area contributed by atoms with Crippen molar-refractivity contribution in [1.29, 1.82) is 0 Å². The third-order valence-corrected chi connectivity index (χ3v) is 2.28. The van der Waals surface area contributed by atoms with Gasteiger partial charge in [-0.2, -0.15) is 0 Å². The molecule has 0 amide bonds. The summed E-state index contributed by atoms with van der Waals surface area (Å²) < 4.78 is 0. The normalized spacial score (nSPS) is 19.2. The highest BCUT2D eigenvalue weighted by Gasteiger charge is 2.40. The molecule has 2 rings (SSSR count). The van der Waals surface area contributed by atoms with E-state index in [-0.39, 0.29) is 0 Å². The van der Waals surface area contributed by atoms with E-state index in [2.05, 4.69) is 4.98 Å². The van der Waals surface area contributed by atoms with Gasteiger partial charge in [-0.25, -0.2) is 0 Å². The lowest BCUT2D eigenvalue weighted by Crippen LogP contribution is -2.11. The molecule has 1 N–H and O–H groups in total. The molecule has 0 saturated heterocycles. The lowest BCUT2D eigenvalue weighted by atomic mass is 10.1. The highest BCUT2D eigenvalue weighted by molar-refractivity contribution is 5.14. The smallest absolute Gasteiger partial charge is 0.0705 e. The third kappa shape index (κ3) is 1.64. The number of hydrogen-bond donors (Lipinski definition) is 1. The van der Waals surface area contributed by atoms with Gasteiger partial charge in [0.05, 0.1) is 5.60 Å². The van der Waals surface area contributed by atoms with E-state index in [1.54, 1.807) is 0 Å². The molecule has 2 heteroatoms. The molecule has 64 valence electrons. The molecule has 1 fully saturated rings. The SMILES string of the molecule is Cc1cccc(CC2(O)CC2)n1. The third-order valence-electron chi connectivity index (χ3n) is 2.28. The number of aryl methyl sites for hydroxylation is 1. The van der Waals surface area contributed by atoms with Crippen molar-refractivity contribution in [3.8, 4) is 0 Å². The van der Waals surface area contributed by atoms with Gasteiger partial charge in [0, 0.05) is 17.8 Å². The zero-order valence-corrected chi connectivity index (χ0v) is 7.25. The van der Waals surface area contributed by atoms with Gasteiger partial charge in [-0.15, -0.1) is 0 Å². The van der Waals surface area contributed by atoms with E-state index in [4.69, 9.17) is 0 Å². The van der Waals surface area contributed by atoms with E-state index >= 15 is 0 Å². The largest absolute Gasteiger partial charge is 0.389 e. The molecule has 1 aliphatic rings. The first-order valence-corrected chi connectivity index (χ1v) is 4.33. The van der Waals surface area contributed by atoms with Crippen molar-refractivity contribution < 1.29 is 5.11 Å². The van der Waals surface area contributed by atoms with Crippen LogP contribution in [0.4, 0.5) is 0 Å². The number of rotatable bonds is 2. The minimum absolute atomic E-state index is 0.416. The molecule has 0 atom stereocenters. The Morgan fingerprint density at radius 3 is 2.83 bits per heavy atom. The molecule has 0 aromatic carbocycles. The van der Waals surface area contributed by atoms with Crippen LogP contribution in [0.2, 0.25) is 0 Å². The van der Waals surface area contributed by atoms with Crippen LogP contribution in [-0.2, 0) is 6.42 Å². The Kier molecular flexibility index (Phi) is 1.65. The average Bonchev–Trinajstić information content (AvgIpc) is 2.67. The van der Waals surface area contributed by atoms with Crippen molar-refractivity contribution >= 4 is 0 Å². The van der Waals surface area contributed by atoms with Crippen LogP contribution in [0.5, 0.6) is 0 Å². The summed E-state index contributed by atoms with van der Waals surface area (Å²) in [6, 6.07) is 5.94. The van der Waals surface area contributed by atoms with Crippen molar-refractivity contribution in [2.75, 3.05) is 0 Å². The summed E-state index contributed by atoms with van der Waals surface area (Å²) in [4.78, 5) is 4.34. The van der Waals surface area contributed by atoms with E-state index < -0.39 is 5.60 Å². The van der Waals surface area contributed by atoms with Crippen LogP contribution in [0.1, 0.15) is 24.2 Å². The topological polar surface area (TPSA) is 33.1 Å². The summed E-state index contributed by atoms with van der Waals surface area (Å²) >= 11 is 0. The van der Waals surface area contributed by atoms with Crippen LogP contribution in [-0.4, -0.2) is 15.7 Å². The van der Waals surface area contributed by atoms with Gasteiger partial charge in [-0.3, -0.25) is 4.98 Å². The number of aliphatic hydroxyl groups is 1. The van der Waals surface area contributed by atoms with Gasteiger partial charge >= 0.3 is 0 Å². The summed E-state index contributed by atoms with van der Waals surface area (Å²) in [6.45, 7) is 1.97. The van der Waals surface area contributed by atoms with Gasteiger partial charge in [0.1, 0.15) is 0 Å². The van der Waals surface area contributed by atoms with Crippen molar-refractivity contribution in [2.45, 2.75) is 31.8 Å². The molecule has 0 aliphatic heterocycles. The Balaban J connectivity index is 2.12. The second kappa shape index (κ2) is 2.56. The zero-order chi connectivity index (χ0) is 8.60. The van der Waals surface area contributed by atoms with Crippen molar-refractivity contribution in [3.05, 3.63) is 29.6 Å². The fraction of sp³-hybridized carbons (Fsp3) is 0.500. The van der Waals surface area contributed by atoms with E-state index in [9.17, 15) is 5.11 Å². The first-order valence-electron chi connectivity index (χ1n) is 4.33. The molecule has 0 spiro atoms. The predicted molar refractivity (Wildman–Crippen MR) is 46.9 cm³/mol. The van der Waals surface area contributed by atoms with Crippen molar-refractivity contribution in [2.24, 2.45) is 0 Å². The molecule has 1 aromatic heterocycles. The maximum Gasteiger partial charge on any atom is 0.0705 e. The van der Waals surface area contributed by atoms with Crippen molar-refractivity contribution in [3.63, 3.8) is 0 Å². The summed E-state index contributed by atoms with van der Waals surface area (Å²) in [7, 11) is 0. The van der Waals surface area contributed by atoms with Gasteiger partial charge in [0.2, 0.25) is 0 Å². The van der Waals surface area contributed by atoms with Crippen LogP contribution in [0, 0.1) is 6.92 Å². The van der Waals surface area contributed by atoms with E-state index in [1.165, 1.54) is 0 Å². The quantitative estimate of drug-likeness (QED) is 0.716. The average molecular weight is 163 g/mol. The Bertz CT molecular complexity index is 292. The van der Waals surface area contributed by atoms with Gasteiger partial charge in [0.25, 0.3) is 0 Å². The minimum atomic E-state index is -0.416. The standard InChI is InChI=1S/C10H13NO/c1-8-3-2-4-9(11-8)7-10(12)5-6-10/h2-4,12H,5-7H2,1H3. The number of aromatic nitrogens is 1. The summed E-state index contributed by atoms with van der Waals surface area (Å²) in [6.07, 6.45) is 2.58. The summed E-state index contributed by atoms with van der Waals surface area (Å²) in [5, 5.41) is 9.63. The fourth-order valence-electron chi connectivity index (χ4n) is 1.36. The zero-order valence-electron chi connectivity index (χ0n) is 7.25. The van der Waals surface area contributed by atoms with E-state index in [0.717, 1.165) is 24.2 Å². The molecule has 1 heterocycles. The maximum atomic E-state index is 9.63. The molecule has 0 radical (unpaired) electrons. The second-order valence-corrected chi connectivity index (χ2v) is 3.67. The first kappa shape index (κ1) is 7.74. The van der Waals surface area contributed by atoms with Gasteiger partial charge in [-0.1, -0.05) is 6.07 Å². The Morgan fingerprint density at radius 1 is 1.50 bits per heavy atom. The fourth-order valence-corrected chi connectivity index (χ4v) is 1.36. The monoisotopic (exact) mass is 163 g/mol. The first-order chi connectivity index (χ1) is 5.68. The molecule has 1 aromatic rings. The van der Waals surface area contributed by atoms with Crippen LogP contribution in [0.3, 0.4) is 0 Å². The number of pyridine rings is 1. The van der Waals surface area contributed by atoms with Crippen LogP contribution >= 0.6 is 0 Å². The minimum Gasteiger partial charge on any atom is -0.389 e. The van der Waals surface area contributed by atoms with Gasteiger partial charge in [0.15, 0.2) is 0 Å². The second-order valence-electron chi connectivity index (χ2n) is 3.67. The molecule has 0 unspecified atom stereocenters. The maximum absolute atomic E-state index is 9.63. The highest BCUT2D eigenvalue weighted by Crippen LogP contribution is 2.37. The Morgan fingerprint density at radius 2 is 2.25 bits per heavy atom. The molecule has 2 nitrogen and oxygen atoms in total. The Hall–Kier alpha value is -0.890. The summed E-state index contributed by atoms with van der Waals surface area (Å²) in [5.74, 6) is 0. The van der Waals surface area contributed by atoms with E-state index in [0.29, 0.717) is 6.42 Å². The van der Waals surface area contributed by atoms with Gasteiger partial charge < -0.3 is 5.11 Å². The lowest BCUT2D eigenvalue weighted by Gasteiger charge is -2.06. The van der Waals surface area contributed by atoms with Crippen LogP contribution < -0.4 is 0 Å². The number of nitrogens with zero attached hydrogens (tertiary/aromatic N) is 1. The van der Waals surface area contributed by atoms with Crippen LogP contribution in [0.25, 0.3) is 0 Å². The number of hydrogen-bond acceptors (Lipinski definition) is 2. The molecular weight excluding hydrogens is 150 g/mol. The van der Waals surface area contributed by atoms with Gasteiger partial charge in [-0.05, 0) is 31.9 Å². The molecule has 0 bridgehead atoms. The van der Waals surface area contributed by atoms with E-state index in [1.807, 2.05) is 25.1 Å². The predicted octanol–water partition coefficient (Wildman–Crippen LogP) is 1.46. The highest BCUT2D eigenvalue weighted by atomic mass is 16.3. The molecule has 1 aliphatic carbocycles. The molecule has 12 heavy (non-hydrogen) atoms. The van der Waals surface area contributed by atoms with Crippen molar-refractivity contribution in [1.82, 2.24) is 4.98 Å². The molecule has 1 saturated carbocycles. The summed E-state index contributed by atoms with van der Waals surface area (Å²) in [5.41, 5.74) is 1.62. The van der Waals surface area contributed by atoms with Crippen LogP contribution in [0.15, 0.2) is 18.2 Å².